The van der Waals surface area contributed by atoms with Crippen LogP contribution in [0.25, 0.3) is 32.7 Å². The van der Waals surface area contributed by atoms with Crippen molar-refractivity contribution in [1.29, 1.82) is 0 Å². The van der Waals surface area contributed by atoms with Gasteiger partial charge in [0.15, 0.2) is 12.1 Å². The quantitative estimate of drug-likeness (QED) is 0.0720. The van der Waals surface area contributed by atoms with Crippen molar-refractivity contribution in [3.05, 3.63) is 137 Å². The highest BCUT2D eigenvalue weighted by Gasteiger charge is 2.28. The molecular weight excluding hydrogens is 735 g/mol. The summed E-state index contributed by atoms with van der Waals surface area (Å²) in [5.74, 6) is 2.93. The lowest BCUT2D eigenvalue weighted by molar-refractivity contribution is 0.104. The smallest absolute Gasteiger partial charge is 0.194 e. The zero-order valence-electron chi connectivity index (χ0n) is 34.3. The maximum atomic E-state index is 13.8. The lowest BCUT2D eigenvalue weighted by atomic mass is 9.98. The first-order valence-electron chi connectivity index (χ1n) is 21.2. The summed E-state index contributed by atoms with van der Waals surface area (Å²) >= 11 is 1.43. The number of ketones is 1. The summed E-state index contributed by atoms with van der Waals surface area (Å²) in [5, 5.41) is 0. The van der Waals surface area contributed by atoms with Crippen LogP contribution in [0.3, 0.4) is 0 Å². The van der Waals surface area contributed by atoms with Crippen molar-refractivity contribution in [2.24, 2.45) is 11.8 Å². The molecule has 0 bridgehead atoms. The molecule has 1 heterocycles. The molecule has 0 spiro atoms. The summed E-state index contributed by atoms with van der Waals surface area (Å²) in [5.41, 5.74) is 9.37. The fourth-order valence-corrected chi connectivity index (χ4v) is 8.66. The molecular formula is C52H55NO4S. The van der Waals surface area contributed by atoms with Crippen molar-refractivity contribution in [1.82, 2.24) is 0 Å². The molecule has 0 N–H and O–H groups in total. The lowest BCUT2D eigenvalue weighted by Crippen LogP contribution is -2.12. The Labute approximate surface area is 348 Å². The van der Waals surface area contributed by atoms with E-state index in [0.717, 1.165) is 93.6 Å². The molecule has 2 unspecified atom stereocenters. The second kappa shape index (κ2) is 19.3. The number of carbonyl (C=O) groups is 2. The summed E-state index contributed by atoms with van der Waals surface area (Å²) in [6.07, 6.45) is 10.4. The monoisotopic (exact) mass is 789 g/mol. The lowest BCUT2D eigenvalue weighted by Gasteiger charge is -2.26. The molecule has 0 radical (unpaired) electrons. The zero-order chi connectivity index (χ0) is 40.4. The van der Waals surface area contributed by atoms with Crippen LogP contribution in [0.15, 0.2) is 121 Å². The first-order valence-corrected chi connectivity index (χ1v) is 22.0. The van der Waals surface area contributed by atoms with Gasteiger partial charge in [0.2, 0.25) is 0 Å². The Morgan fingerprint density at radius 2 is 1.02 bits per heavy atom. The first kappa shape index (κ1) is 40.7. The van der Waals surface area contributed by atoms with Gasteiger partial charge < -0.3 is 14.4 Å². The summed E-state index contributed by atoms with van der Waals surface area (Å²) in [6.45, 7) is 10.5. The Morgan fingerprint density at radius 1 is 0.552 bits per heavy atom. The summed E-state index contributed by atoms with van der Waals surface area (Å²) < 4.78 is 12.6. The highest BCUT2D eigenvalue weighted by Crippen LogP contribution is 2.42. The topological polar surface area (TPSA) is 55.8 Å². The molecule has 7 rings (SSSR count). The minimum Gasteiger partial charge on any atom is -0.493 e. The van der Waals surface area contributed by atoms with E-state index in [-0.39, 0.29) is 5.78 Å². The zero-order valence-corrected chi connectivity index (χ0v) is 35.2. The first-order chi connectivity index (χ1) is 28.4. The van der Waals surface area contributed by atoms with Crippen LogP contribution in [0, 0.1) is 11.8 Å². The van der Waals surface area contributed by atoms with Crippen LogP contribution in [-0.4, -0.2) is 25.3 Å². The second-order valence-corrected chi connectivity index (χ2v) is 16.6. The number of hydrogen-bond acceptors (Lipinski definition) is 6. The predicted octanol–water partition coefficient (Wildman–Crippen LogP) is 14.8. The van der Waals surface area contributed by atoms with Gasteiger partial charge >= 0.3 is 0 Å². The average molecular weight is 790 g/mol. The maximum Gasteiger partial charge on any atom is 0.194 e. The van der Waals surface area contributed by atoms with Crippen LogP contribution in [0.2, 0.25) is 0 Å². The fraction of sp³-hybridized carbons (Fsp3) is 0.308. The molecule has 58 heavy (non-hydrogen) atoms. The third-order valence-corrected chi connectivity index (χ3v) is 12.6. The van der Waals surface area contributed by atoms with Gasteiger partial charge in [0.1, 0.15) is 11.5 Å². The third kappa shape index (κ3) is 9.29. The molecule has 0 saturated carbocycles. The Balaban J connectivity index is 1.13. The van der Waals surface area contributed by atoms with Crippen LogP contribution >= 0.6 is 11.3 Å². The minimum atomic E-state index is 0.0286. The number of hydrogen-bond donors (Lipinski definition) is 0. The van der Waals surface area contributed by atoms with Crippen molar-refractivity contribution >= 4 is 40.5 Å². The number of fused-ring (bicyclic) bond motifs is 3. The standard InChI is InChI=1S/C52H55NO4S/c1-5-9-11-36(7-3)34-56-44-23-19-42(20-24-44)53(43-21-25-45(26-22-43)57-35-37(8-4)12-10-6-2)41-17-13-38(14-18-41)39-15-28-47-48-29-16-40(51-30-27-46(33-54)58-51)32-50(48)52(55)49(47)31-39/h13-33,36-37H,5-12,34-35H2,1-4H3. The van der Waals surface area contributed by atoms with Crippen LogP contribution in [-0.2, 0) is 0 Å². The Hall–Kier alpha value is -5.46. The van der Waals surface area contributed by atoms with Crippen molar-refractivity contribution in [3.8, 4) is 44.2 Å². The Morgan fingerprint density at radius 3 is 1.48 bits per heavy atom. The molecule has 6 aromatic rings. The number of rotatable bonds is 20. The molecule has 6 heteroatoms. The van der Waals surface area contributed by atoms with E-state index in [1.165, 1.54) is 49.9 Å². The molecule has 0 saturated heterocycles. The Kier molecular flexibility index (Phi) is 13.6. The molecule has 298 valence electrons. The number of aldehydes is 1. The van der Waals surface area contributed by atoms with Gasteiger partial charge in [-0.3, -0.25) is 9.59 Å². The number of thiophene rings is 1. The van der Waals surface area contributed by atoms with E-state index < -0.39 is 0 Å². The normalized spacial score (nSPS) is 12.8. The summed E-state index contributed by atoms with van der Waals surface area (Å²) in [4.78, 5) is 29.0. The van der Waals surface area contributed by atoms with Gasteiger partial charge in [0, 0.05) is 33.1 Å². The van der Waals surface area contributed by atoms with Crippen LogP contribution in [0.4, 0.5) is 17.1 Å². The number of unbranched alkanes of at least 4 members (excludes halogenated alkanes) is 2. The largest absolute Gasteiger partial charge is 0.493 e. The SMILES string of the molecule is CCCCC(CC)COc1ccc(N(c2ccc(OCC(CC)CCCC)cc2)c2ccc(-c3ccc4c(c3)C(=O)c3cc(-c5ccc(C=O)s5)ccc3-4)cc2)cc1. The molecule has 0 fully saturated rings. The number of nitrogens with zero attached hydrogens (tertiary/aromatic N) is 1. The number of benzene rings is 5. The average Bonchev–Trinajstić information content (AvgIpc) is 3.87. The van der Waals surface area contributed by atoms with E-state index in [4.69, 9.17) is 9.47 Å². The van der Waals surface area contributed by atoms with E-state index in [0.29, 0.717) is 27.8 Å². The van der Waals surface area contributed by atoms with Crippen molar-refractivity contribution in [2.45, 2.75) is 79.1 Å². The van der Waals surface area contributed by atoms with Gasteiger partial charge in [0.25, 0.3) is 0 Å². The van der Waals surface area contributed by atoms with Gasteiger partial charge in [0.05, 0.1) is 18.1 Å². The van der Waals surface area contributed by atoms with Gasteiger partial charge in [-0.25, -0.2) is 0 Å². The van der Waals surface area contributed by atoms with Crippen LogP contribution in [0.1, 0.15) is 105 Å². The fourth-order valence-electron chi connectivity index (χ4n) is 7.84. The summed E-state index contributed by atoms with van der Waals surface area (Å²) in [6, 6.07) is 41.4. The summed E-state index contributed by atoms with van der Waals surface area (Å²) in [7, 11) is 0. The maximum absolute atomic E-state index is 13.8. The molecule has 0 amide bonds. The van der Waals surface area contributed by atoms with E-state index in [1.54, 1.807) is 0 Å². The van der Waals surface area contributed by atoms with Crippen LogP contribution < -0.4 is 14.4 Å². The second-order valence-electron chi connectivity index (χ2n) is 15.5. The highest BCUT2D eigenvalue weighted by molar-refractivity contribution is 7.17. The van der Waals surface area contributed by atoms with E-state index in [9.17, 15) is 9.59 Å². The molecule has 1 aliphatic rings. The molecule has 5 aromatic carbocycles. The molecule has 1 aromatic heterocycles. The molecule has 0 aliphatic heterocycles. The third-order valence-electron chi connectivity index (χ3n) is 11.6. The minimum absolute atomic E-state index is 0.0286. The van der Waals surface area contributed by atoms with Gasteiger partial charge in [-0.2, -0.15) is 0 Å². The van der Waals surface area contributed by atoms with E-state index >= 15 is 0 Å². The van der Waals surface area contributed by atoms with Gasteiger partial charge in [-0.1, -0.05) is 103 Å². The van der Waals surface area contributed by atoms with E-state index in [2.05, 4.69) is 118 Å². The Bertz CT molecular complexity index is 2230. The van der Waals surface area contributed by atoms with Crippen molar-refractivity contribution in [2.75, 3.05) is 18.1 Å². The molecule has 2 atom stereocenters. The predicted molar refractivity (Wildman–Crippen MR) is 242 cm³/mol. The van der Waals surface area contributed by atoms with Crippen molar-refractivity contribution < 1.29 is 19.1 Å². The number of carbonyl (C=O) groups excluding carboxylic acids is 2. The van der Waals surface area contributed by atoms with Gasteiger partial charge in [-0.15, -0.1) is 11.3 Å². The highest BCUT2D eigenvalue weighted by atomic mass is 32.1. The van der Waals surface area contributed by atoms with Gasteiger partial charge in [-0.05, 0) is 137 Å². The molecule has 5 nitrogen and oxygen atoms in total. The van der Waals surface area contributed by atoms with Crippen molar-refractivity contribution in [3.63, 3.8) is 0 Å². The van der Waals surface area contributed by atoms with Crippen LogP contribution in [0.5, 0.6) is 11.5 Å². The number of anilines is 3. The van der Waals surface area contributed by atoms with E-state index in [1.807, 2.05) is 36.4 Å². The number of ether oxygens (including phenoxy) is 2. The molecule has 1 aliphatic carbocycles.